The van der Waals surface area contributed by atoms with E-state index in [0.29, 0.717) is 25.4 Å². The number of nitrogens with zero attached hydrogens (tertiary/aromatic N) is 1. The van der Waals surface area contributed by atoms with E-state index in [1.54, 1.807) is 0 Å². The van der Waals surface area contributed by atoms with Crippen molar-refractivity contribution in [1.82, 2.24) is 4.90 Å². The van der Waals surface area contributed by atoms with Crippen molar-refractivity contribution in [1.29, 1.82) is 0 Å². The van der Waals surface area contributed by atoms with Gasteiger partial charge in [-0.05, 0) is 24.7 Å². The molecule has 2 aliphatic heterocycles. The monoisotopic (exact) mass is 292 g/mol. The largest absolute Gasteiger partial charge is 0.376 e. The van der Waals surface area contributed by atoms with E-state index in [1.165, 1.54) is 11.3 Å². The second-order valence-corrected chi connectivity index (χ2v) is 7.43. The minimum Gasteiger partial charge on any atom is -0.376 e. The van der Waals surface area contributed by atoms with E-state index >= 15 is 0 Å². The van der Waals surface area contributed by atoms with Crippen molar-refractivity contribution >= 4 is 11.8 Å². The summed E-state index contributed by atoms with van der Waals surface area (Å²) < 4.78 is 5.70. The number of piperidine rings is 1. The summed E-state index contributed by atoms with van der Waals surface area (Å²) in [6.07, 6.45) is 7.59. The van der Waals surface area contributed by atoms with Crippen LogP contribution in [-0.2, 0) is 14.3 Å². The molecule has 2 amide bonds. The van der Waals surface area contributed by atoms with Gasteiger partial charge in [-0.25, -0.2) is 0 Å². The quantitative estimate of drug-likeness (QED) is 0.737. The van der Waals surface area contributed by atoms with Crippen LogP contribution < -0.4 is 5.73 Å². The summed E-state index contributed by atoms with van der Waals surface area (Å²) >= 11 is 0. The Morgan fingerprint density at radius 3 is 2.43 bits per heavy atom. The highest BCUT2D eigenvalue weighted by atomic mass is 16.5. The summed E-state index contributed by atoms with van der Waals surface area (Å²) in [4.78, 5) is 26.8. The summed E-state index contributed by atoms with van der Waals surface area (Å²) in [7, 11) is 0. The molecule has 4 fully saturated rings. The van der Waals surface area contributed by atoms with Crippen LogP contribution in [0.15, 0.2) is 0 Å². The van der Waals surface area contributed by atoms with Crippen LogP contribution >= 0.6 is 0 Å². The molecule has 0 aromatic rings. The van der Waals surface area contributed by atoms with Gasteiger partial charge in [-0.3, -0.25) is 14.5 Å². The summed E-state index contributed by atoms with van der Waals surface area (Å²) in [6, 6.07) is -0.302. The van der Waals surface area contributed by atoms with Crippen LogP contribution in [0.2, 0.25) is 0 Å². The lowest BCUT2D eigenvalue weighted by atomic mass is 9.65. The lowest BCUT2D eigenvalue weighted by Gasteiger charge is -2.53. The number of fused-ring (bicyclic) bond motifs is 1. The summed E-state index contributed by atoms with van der Waals surface area (Å²) in [5.41, 5.74) is 6.16. The molecule has 0 radical (unpaired) electrons. The molecule has 5 heteroatoms. The average Bonchev–Trinajstić information content (AvgIpc) is 2.88. The maximum Gasteiger partial charge on any atom is 0.230 e. The number of rotatable bonds is 1. The fraction of sp³-hybridized carbons (Fsp3) is 0.875. The molecule has 4 atom stereocenters. The first-order chi connectivity index (χ1) is 10.1. The van der Waals surface area contributed by atoms with Gasteiger partial charge >= 0.3 is 0 Å². The Kier molecular flexibility index (Phi) is 3.12. The third-order valence-corrected chi connectivity index (χ3v) is 6.21. The molecule has 21 heavy (non-hydrogen) atoms. The Bertz CT molecular complexity index is 452. The van der Waals surface area contributed by atoms with Crippen molar-refractivity contribution in [2.24, 2.45) is 17.1 Å². The van der Waals surface area contributed by atoms with Gasteiger partial charge in [0.15, 0.2) is 0 Å². The van der Waals surface area contributed by atoms with E-state index in [0.717, 1.165) is 32.1 Å². The van der Waals surface area contributed by atoms with E-state index in [-0.39, 0.29) is 35.4 Å². The van der Waals surface area contributed by atoms with E-state index < -0.39 is 0 Å². The third kappa shape index (κ3) is 1.97. The van der Waals surface area contributed by atoms with Gasteiger partial charge in [-0.2, -0.15) is 0 Å². The normalized spacial score (nSPS) is 42.0. The lowest BCUT2D eigenvalue weighted by molar-refractivity contribution is -0.169. The molecule has 0 aromatic carbocycles. The zero-order valence-corrected chi connectivity index (χ0v) is 12.4. The maximum atomic E-state index is 12.6. The summed E-state index contributed by atoms with van der Waals surface area (Å²) in [5, 5.41) is 0. The fourth-order valence-electron chi connectivity index (χ4n) is 5.04. The molecule has 2 saturated heterocycles. The molecular formula is C16H24N2O3. The Hall–Kier alpha value is -0.940. The van der Waals surface area contributed by atoms with Crippen LogP contribution in [-0.4, -0.2) is 41.5 Å². The van der Waals surface area contributed by atoms with Crippen molar-refractivity contribution in [3.63, 3.8) is 0 Å². The number of ether oxygens (including phenoxy) is 1. The molecule has 4 unspecified atom stereocenters. The molecule has 2 aliphatic carbocycles. The van der Waals surface area contributed by atoms with E-state index in [2.05, 4.69) is 0 Å². The number of amides is 2. The molecule has 0 aromatic heterocycles. The first-order valence-corrected chi connectivity index (χ1v) is 8.33. The van der Waals surface area contributed by atoms with Gasteiger partial charge < -0.3 is 10.5 Å². The van der Waals surface area contributed by atoms with Gasteiger partial charge in [0.1, 0.15) is 0 Å². The zero-order chi connectivity index (χ0) is 14.6. The van der Waals surface area contributed by atoms with E-state index in [1.807, 2.05) is 0 Å². The van der Waals surface area contributed by atoms with Crippen LogP contribution in [0.25, 0.3) is 0 Å². The Balaban J connectivity index is 1.53. The SMILES string of the molecule is NC1C2CCOC2C1N1C(=O)CC2(CCCCC2)CC1=O. The minimum absolute atomic E-state index is 0.00620. The lowest BCUT2D eigenvalue weighted by Crippen LogP contribution is -2.72. The molecule has 1 spiro atoms. The van der Waals surface area contributed by atoms with Crippen LogP contribution in [0, 0.1) is 11.3 Å². The molecule has 116 valence electrons. The molecule has 4 rings (SSSR count). The van der Waals surface area contributed by atoms with E-state index in [4.69, 9.17) is 10.5 Å². The standard InChI is InChI=1S/C16H24N2O3/c17-13-10-4-7-21-15(10)14(13)18-11(19)8-16(9-12(18)20)5-2-1-3-6-16/h10,13-15H,1-9,17H2. The molecule has 0 bridgehead atoms. The average molecular weight is 292 g/mol. The molecular weight excluding hydrogens is 268 g/mol. The van der Waals surface area contributed by atoms with Gasteiger partial charge in [-0.1, -0.05) is 19.3 Å². The summed E-state index contributed by atoms with van der Waals surface area (Å²) in [5.74, 6) is 0.311. The summed E-state index contributed by atoms with van der Waals surface area (Å²) in [6.45, 7) is 0.708. The van der Waals surface area contributed by atoms with Gasteiger partial charge in [-0.15, -0.1) is 0 Å². The van der Waals surface area contributed by atoms with E-state index in [9.17, 15) is 9.59 Å². The predicted octanol–water partition coefficient (Wildman–Crippen LogP) is 1.20. The number of hydrogen-bond acceptors (Lipinski definition) is 4. The highest BCUT2D eigenvalue weighted by molar-refractivity contribution is 5.99. The number of likely N-dealkylation sites (tertiary alicyclic amines) is 1. The topological polar surface area (TPSA) is 72.6 Å². The van der Waals surface area contributed by atoms with Crippen LogP contribution in [0.1, 0.15) is 51.4 Å². The number of nitrogens with two attached hydrogens (primary N) is 1. The Morgan fingerprint density at radius 2 is 1.76 bits per heavy atom. The third-order valence-electron chi connectivity index (χ3n) is 6.21. The molecule has 4 aliphatic rings. The highest BCUT2D eigenvalue weighted by Gasteiger charge is 2.59. The first kappa shape index (κ1) is 13.7. The highest BCUT2D eigenvalue weighted by Crippen LogP contribution is 2.48. The Morgan fingerprint density at radius 1 is 1.10 bits per heavy atom. The Labute approximate surface area is 125 Å². The van der Waals surface area contributed by atoms with Crippen LogP contribution in [0.4, 0.5) is 0 Å². The van der Waals surface area contributed by atoms with Gasteiger partial charge in [0, 0.05) is 31.4 Å². The van der Waals surface area contributed by atoms with Crippen molar-refractivity contribution in [2.75, 3.05) is 6.61 Å². The second kappa shape index (κ2) is 4.78. The number of carbonyl (C=O) groups is 2. The van der Waals surface area contributed by atoms with Crippen LogP contribution in [0.5, 0.6) is 0 Å². The van der Waals surface area contributed by atoms with Gasteiger partial charge in [0.2, 0.25) is 11.8 Å². The van der Waals surface area contributed by atoms with Crippen molar-refractivity contribution in [3.05, 3.63) is 0 Å². The number of imide groups is 1. The fourth-order valence-corrected chi connectivity index (χ4v) is 5.04. The van der Waals surface area contributed by atoms with Gasteiger partial charge in [0.25, 0.3) is 0 Å². The molecule has 5 nitrogen and oxygen atoms in total. The smallest absolute Gasteiger partial charge is 0.230 e. The van der Waals surface area contributed by atoms with Gasteiger partial charge in [0.05, 0.1) is 12.1 Å². The number of carbonyl (C=O) groups excluding carboxylic acids is 2. The maximum absolute atomic E-state index is 12.6. The zero-order valence-electron chi connectivity index (χ0n) is 12.4. The van der Waals surface area contributed by atoms with Crippen molar-refractivity contribution in [3.8, 4) is 0 Å². The first-order valence-electron chi connectivity index (χ1n) is 8.33. The predicted molar refractivity (Wildman–Crippen MR) is 76.2 cm³/mol. The molecule has 2 N–H and O–H groups in total. The minimum atomic E-state index is -0.210. The van der Waals surface area contributed by atoms with Crippen LogP contribution in [0.3, 0.4) is 0 Å². The number of hydrogen-bond donors (Lipinski definition) is 1. The van der Waals surface area contributed by atoms with Crippen molar-refractivity contribution in [2.45, 2.75) is 69.6 Å². The van der Waals surface area contributed by atoms with Crippen molar-refractivity contribution < 1.29 is 14.3 Å². The molecule has 2 saturated carbocycles. The molecule has 2 heterocycles. The second-order valence-electron chi connectivity index (χ2n) is 7.43.